The molecule has 1 aromatic carbocycles. The molecule has 4 nitrogen and oxygen atoms in total. The highest BCUT2D eigenvalue weighted by Gasteiger charge is 2.36. The van der Waals surface area contributed by atoms with E-state index in [-0.39, 0.29) is 0 Å². The molecule has 7 heteroatoms. The molecule has 2 N–H and O–H groups in total. The van der Waals surface area contributed by atoms with Crippen molar-refractivity contribution in [1.29, 1.82) is 0 Å². The van der Waals surface area contributed by atoms with Crippen molar-refractivity contribution in [2.75, 3.05) is 20.6 Å². The van der Waals surface area contributed by atoms with Crippen molar-refractivity contribution in [2.24, 2.45) is 4.99 Å². The van der Waals surface area contributed by atoms with Gasteiger partial charge < -0.3 is 15.5 Å². The first-order valence-corrected chi connectivity index (χ1v) is 9.72. The van der Waals surface area contributed by atoms with Gasteiger partial charge in [0.05, 0.1) is 12.1 Å². The summed E-state index contributed by atoms with van der Waals surface area (Å²) in [6, 6.07) is 6.70. The summed E-state index contributed by atoms with van der Waals surface area (Å²) in [5.74, 6) is 6.33. The quantitative estimate of drug-likeness (QED) is 0.461. The predicted molar refractivity (Wildman–Crippen MR) is 105 cm³/mol. The van der Waals surface area contributed by atoms with Crippen LogP contribution >= 0.6 is 0 Å². The Kier molecular flexibility index (Phi) is 6.50. The molecule has 2 unspecified atom stereocenters. The molecular formula is C21H27F3N4. The maximum atomic E-state index is 12.8. The molecule has 0 aromatic heterocycles. The number of nitrogens with one attached hydrogen (secondary N) is 2. The van der Waals surface area contributed by atoms with Crippen molar-refractivity contribution in [3.63, 3.8) is 0 Å². The van der Waals surface area contributed by atoms with Crippen molar-refractivity contribution >= 4 is 5.96 Å². The molecule has 0 saturated carbocycles. The molecule has 2 atom stereocenters. The lowest BCUT2D eigenvalue weighted by atomic mass is 9.82. The van der Waals surface area contributed by atoms with Gasteiger partial charge in [-0.25, -0.2) is 0 Å². The Balaban J connectivity index is 1.51. The number of hydrogen-bond donors (Lipinski definition) is 2. The summed E-state index contributed by atoms with van der Waals surface area (Å²) in [6.45, 7) is 0.315. The van der Waals surface area contributed by atoms with Crippen LogP contribution < -0.4 is 10.6 Å². The van der Waals surface area contributed by atoms with Crippen molar-refractivity contribution in [3.05, 3.63) is 35.4 Å². The van der Waals surface area contributed by atoms with Gasteiger partial charge in [-0.1, -0.05) is 24.3 Å². The molecule has 0 aliphatic carbocycles. The summed E-state index contributed by atoms with van der Waals surface area (Å²) in [6.07, 6.45) is 1.66. The number of benzene rings is 1. The molecule has 3 rings (SSSR count). The molecular weight excluding hydrogens is 365 g/mol. The number of aliphatic imine (C=N–C) groups is 1. The molecule has 1 aromatic rings. The Morgan fingerprint density at radius 1 is 1.25 bits per heavy atom. The predicted octanol–water partition coefficient (Wildman–Crippen LogP) is 3.24. The topological polar surface area (TPSA) is 39.7 Å². The van der Waals surface area contributed by atoms with Gasteiger partial charge in [-0.3, -0.25) is 4.99 Å². The number of alkyl halides is 3. The number of halogens is 3. The summed E-state index contributed by atoms with van der Waals surface area (Å²) in [7, 11) is 3.94. The summed E-state index contributed by atoms with van der Waals surface area (Å²) in [5, 5.41) is 6.62. The van der Waals surface area contributed by atoms with E-state index in [1.54, 1.807) is 13.1 Å². The Labute approximate surface area is 164 Å². The lowest BCUT2D eigenvalue weighted by Crippen LogP contribution is -2.56. The van der Waals surface area contributed by atoms with Crippen LogP contribution in [0.25, 0.3) is 0 Å². The first-order chi connectivity index (χ1) is 13.4. The third kappa shape index (κ3) is 5.20. The molecule has 2 fully saturated rings. The first-order valence-electron chi connectivity index (χ1n) is 9.72. The average Bonchev–Trinajstić information content (AvgIpc) is 2.64. The normalized spacial score (nSPS) is 25.6. The van der Waals surface area contributed by atoms with Crippen LogP contribution in [-0.4, -0.2) is 49.6 Å². The van der Waals surface area contributed by atoms with Crippen LogP contribution in [0, 0.1) is 11.8 Å². The summed E-state index contributed by atoms with van der Waals surface area (Å²) < 4.78 is 38.3. The number of hydrogen-bond acceptors (Lipinski definition) is 2. The number of nitrogens with zero attached hydrogens (tertiary/aromatic N) is 2. The van der Waals surface area contributed by atoms with E-state index in [9.17, 15) is 13.2 Å². The monoisotopic (exact) mass is 392 g/mol. The third-order valence-electron chi connectivity index (χ3n) is 5.67. The third-order valence-corrected chi connectivity index (χ3v) is 5.67. The van der Waals surface area contributed by atoms with Gasteiger partial charge in [-0.05, 0) is 50.9 Å². The summed E-state index contributed by atoms with van der Waals surface area (Å²) in [4.78, 5) is 6.76. The van der Waals surface area contributed by atoms with Crippen molar-refractivity contribution in [2.45, 2.75) is 56.4 Å². The van der Waals surface area contributed by atoms with Gasteiger partial charge in [-0.2, -0.15) is 13.2 Å². The van der Waals surface area contributed by atoms with Crippen LogP contribution in [0.5, 0.6) is 0 Å². The van der Waals surface area contributed by atoms with Crippen LogP contribution in [0.2, 0.25) is 0 Å². The number of guanidine groups is 1. The van der Waals surface area contributed by atoms with Gasteiger partial charge in [0.1, 0.15) is 0 Å². The van der Waals surface area contributed by atoms with Crippen molar-refractivity contribution < 1.29 is 13.2 Å². The molecule has 0 spiro atoms. The van der Waals surface area contributed by atoms with Crippen LogP contribution in [0.3, 0.4) is 0 Å². The molecule has 0 amide bonds. The van der Waals surface area contributed by atoms with E-state index in [1.807, 2.05) is 0 Å². The second-order valence-electron chi connectivity index (χ2n) is 7.52. The van der Waals surface area contributed by atoms with Crippen LogP contribution in [0.15, 0.2) is 29.3 Å². The van der Waals surface area contributed by atoms with E-state index in [1.165, 1.54) is 25.3 Å². The van der Waals surface area contributed by atoms with E-state index in [0.717, 1.165) is 25.0 Å². The minimum Gasteiger partial charge on any atom is -0.354 e. The van der Waals surface area contributed by atoms with Crippen LogP contribution in [0.1, 0.15) is 43.2 Å². The van der Waals surface area contributed by atoms with Gasteiger partial charge in [0.25, 0.3) is 0 Å². The minimum atomic E-state index is -4.35. The van der Waals surface area contributed by atoms with Gasteiger partial charge in [-0.15, -0.1) is 0 Å². The fourth-order valence-corrected chi connectivity index (χ4v) is 4.17. The Morgan fingerprint density at radius 3 is 2.61 bits per heavy atom. The largest absolute Gasteiger partial charge is 0.416 e. The summed E-state index contributed by atoms with van der Waals surface area (Å²) >= 11 is 0. The summed E-state index contributed by atoms with van der Waals surface area (Å²) in [5.41, 5.74) is -0.333. The van der Waals surface area contributed by atoms with E-state index < -0.39 is 11.7 Å². The lowest BCUT2D eigenvalue weighted by Gasteiger charge is -2.47. The van der Waals surface area contributed by atoms with Gasteiger partial charge in [0, 0.05) is 30.7 Å². The fourth-order valence-electron chi connectivity index (χ4n) is 4.17. The smallest absolute Gasteiger partial charge is 0.354 e. The average molecular weight is 392 g/mol. The molecule has 2 aliphatic rings. The van der Waals surface area contributed by atoms with E-state index in [2.05, 4.69) is 39.4 Å². The van der Waals surface area contributed by atoms with Crippen molar-refractivity contribution in [1.82, 2.24) is 15.5 Å². The molecule has 28 heavy (non-hydrogen) atoms. The Bertz CT molecular complexity index is 749. The van der Waals surface area contributed by atoms with E-state index in [4.69, 9.17) is 0 Å². The molecule has 0 radical (unpaired) electrons. The maximum absolute atomic E-state index is 12.8. The van der Waals surface area contributed by atoms with Gasteiger partial charge in [0.2, 0.25) is 0 Å². The molecule has 2 aliphatic heterocycles. The first kappa shape index (κ1) is 20.5. The number of rotatable bonds is 2. The fraction of sp³-hybridized carbons (Fsp3) is 0.571. The second kappa shape index (κ2) is 8.87. The Hall–Kier alpha value is -2.20. The minimum absolute atomic E-state index is 0.315. The van der Waals surface area contributed by atoms with Gasteiger partial charge in [0.15, 0.2) is 5.96 Å². The number of piperidine rings is 2. The van der Waals surface area contributed by atoms with Gasteiger partial charge >= 0.3 is 6.18 Å². The Morgan fingerprint density at radius 2 is 1.96 bits per heavy atom. The molecule has 2 saturated heterocycles. The highest BCUT2D eigenvalue weighted by Crippen LogP contribution is 2.32. The number of fused-ring (bicyclic) bond motifs is 2. The molecule has 2 heterocycles. The van der Waals surface area contributed by atoms with Crippen LogP contribution in [0.4, 0.5) is 13.2 Å². The zero-order valence-electron chi connectivity index (χ0n) is 16.3. The van der Waals surface area contributed by atoms with Crippen molar-refractivity contribution in [3.8, 4) is 11.8 Å². The molecule has 2 bridgehead atoms. The highest BCUT2D eigenvalue weighted by molar-refractivity contribution is 5.80. The van der Waals surface area contributed by atoms with E-state index in [0.29, 0.717) is 36.2 Å². The lowest BCUT2D eigenvalue weighted by molar-refractivity contribution is -0.137. The zero-order chi connectivity index (χ0) is 20.1. The second-order valence-corrected chi connectivity index (χ2v) is 7.52. The maximum Gasteiger partial charge on any atom is 0.416 e. The SMILES string of the molecule is CN=C(NCC#Cc1cccc(C(F)(F)F)c1)NC1CC2CCCC(C1)N2C. The highest BCUT2D eigenvalue weighted by atomic mass is 19.4. The van der Waals surface area contributed by atoms with Crippen LogP contribution in [-0.2, 0) is 6.18 Å². The molecule has 152 valence electrons. The standard InChI is InChI=1S/C21H27F3N4/c1-25-20(27-17-13-18-9-4-10-19(14-17)28(18)2)26-11-5-7-15-6-3-8-16(12-15)21(22,23)24/h3,6,8,12,17-19H,4,9-11,13-14H2,1-2H3,(H2,25,26,27). The zero-order valence-corrected chi connectivity index (χ0v) is 16.3. The van der Waals surface area contributed by atoms with E-state index >= 15 is 0 Å².